The topological polar surface area (TPSA) is 35.5 Å². The molecule has 0 saturated carbocycles. The van der Waals surface area contributed by atoms with E-state index in [1.165, 1.54) is 11.1 Å². The summed E-state index contributed by atoms with van der Waals surface area (Å²) in [5.41, 5.74) is 2.41. The number of ether oxygens (including phenoxy) is 2. The number of carbonyl (C=O) groups excluding carboxylic acids is 1. The van der Waals surface area contributed by atoms with Gasteiger partial charge < -0.3 is 9.47 Å². The SMILES string of the molecule is COc1ccc(CC2CCC(=O)O2)c(C)c1. The van der Waals surface area contributed by atoms with Crippen molar-refractivity contribution < 1.29 is 14.3 Å². The molecule has 16 heavy (non-hydrogen) atoms. The molecule has 3 heteroatoms. The van der Waals surface area contributed by atoms with E-state index in [9.17, 15) is 4.79 Å². The van der Waals surface area contributed by atoms with Crippen molar-refractivity contribution in [3.8, 4) is 5.75 Å². The summed E-state index contributed by atoms with van der Waals surface area (Å²) in [5.74, 6) is 0.792. The monoisotopic (exact) mass is 220 g/mol. The van der Waals surface area contributed by atoms with Crippen LogP contribution in [0.5, 0.6) is 5.75 Å². The molecule has 0 radical (unpaired) electrons. The summed E-state index contributed by atoms with van der Waals surface area (Å²) in [6.07, 6.45) is 2.26. The maximum atomic E-state index is 11.0. The Bertz CT molecular complexity index is 398. The standard InChI is InChI=1S/C13H16O3/c1-9-7-11(15-2)4-3-10(9)8-12-5-6-13(14)16-12/h3-4,7,12H,5-6,8H2,1-2H3. The van der Waals surface area contributed by atoms with Gasteiger partial charge in [-0.2, -0.15) is 0 Å². The molecule has 1 heterocycles. The molecular weight excluding hydrogens is 204 g/mol. The predicted molar refractivity (Wildman–Crippen MR) is 60.5 cm³/mol. The summed E-state index contributed by atoms with van der Waals surface area (Å²) < 4.78 is 10.4. The summed E-state index contributed by atoms with van der Waals surface area (Å²) in [7, 11) is 1.66. The third kappa shape index (κ3) is 2.35. The van der Waals surface area contributed by atoms with Gasteiger partial charge in [0.1, 0.15) is 11.9 Å². The van der Waals surface area contributed by atoms with Crippen molar-refractivity contribution in [3.63, 3.8) is 0 Å². The molecule has 1 saturated heterocycles. The summed E-state index contributed by atoms with van der Waals surface area (Å²) in [6, 6.07) is 5.99. The van der Waals surface area contributed by atoms with Gasteiger partial charge in [0, 0.05) is 12.8 Å². The number of hydrogen-bond donors (Lipinski definition) is 0. The van der Waals surface area contributed by atoms with Crippen molar-refractivity contribution in [1.29, 1.82) is 0 Å². The fraction of sp³-hybridized carbons (Fsp3) is 0.462. The second kappa shape index (κ2) is 4.56. The van der Waals surface area contributed by atoms with Crippen molar-refractivity contribution in [2.45, 2.75) is 32.3 Å². The smallest absolute Gasteiger partial charge is 0.306 e. The number of esters is 1. The van der Waals surface area contributed by atoms with E-state index in [0.717, 1.165) is 18.6 Å². The van der Waals surface area contributed by atoms with Crippen LogP contribution in [-0.4, -0.2) is 19.2 Å². The highest BCUT2D eigenvalue weighted by Crippen LogP contribution is 2.22. The van der Waals surface area contributed by atoms with Crippen LogP contribution in [0.3, 0.4) is 0 Å². The van der Waals surface area contributed by atoms with Crippen LogP contribution in [0.25, 0.3) is 0 Å². The Balaban J connectivity index is 2.07. The van der Waals surface area contributed by atoms with E-state index in [2.05, 4.69) is 6.92 Å². The first-order chi connectivity index (χ1) is 7.69. The molecule has 86 valence electrons. The van der Waals surface area contributed by atoms with E-state index in [4.69, 9.17) is 9.47 Å². The van der Waals surface area contributed by atoms with Gasteiger partial charge in [0.25, 0.3) is 0 Å². The quantitative estimate of drug-likeness (QED) is 0.733. The Morgan fingerprint density at radius 3 is 2.88 bits per heavy atom. The average Bonchev–Trinajstić information content (AvgIpc) is 2.67. The van der Waals surface area contributed by atoms with E-state index in [0.29, 0.717) is 6.42 Å². The van der Waals surface area contributed by atoms with Crippen LogP contribution in [0.4, 0.5) is 0 Å². The molecule has 0 N–H and O–H groups in total. The highest BCUT2D eigenvalue weighted by Gasteiger charge is 2.23. The second-order valence-electron chi connectivity index (χ2n) is 4.15. The number of methoxy groups -OCH3 is 1. The van der Waals surface area contributed by atoms with Gasteiger partial charge >= 0.3 is 5.97 Å². The number of rotatable bonds is 3. The zero-order chi connectivity index (χ0) is 11.5. The van der Waals surface area contributed by atoms with E-state index in [-0.39, 0.29) is 12.1 Å². The normalized spacial score (nSPS) is 19.6. The van der Waals surface area contributed by atoms with Crippen LogP contribution in [0.2, 0.25) is 0 Å². The first kappa shape index (κ1) is 11.0. The number of benzene rings is 1. The Hall–Kier alpha value is -1.51. The summed E-state index contributed by atoms with van der Waals surface area (Å²) >= 11 is 0. The number of carbonyl (C=O) groups is 1. The van der Waals surface area contributed by atoms with Crippen LogP contribution >= 0.6 is 0 Å². The largest absolute Gasteiger partial charge is 0.497 e. The van der Waals surface area contributed by atoms with Crippen molar-refractivity contribution in [2.24, 2.45) is 0 Å². The molecule has 2 rings (SSSR count). The lowest BCUT2D eigenvalue weighted by molar-refractivity contribution is -0.141. The molecule has 0 aromatic heterocycles. The molecule has 0 spiro atoms. The molecule has 0 amide bonds. The first-order valence-corrected chi connectivity index (χ1v) is 5.52. The Labute approximate surface area is 95.4 Å². The minimum atomic E-state index is -0.0730. The zero-order valence-electron chi connectivity index (χ0n) is 9.66. The third-order valence-electron chi connectivity index (χ3n) is 2.97. The van der Waals surface area contributed by atoms with Crippen LogP contribution in [-0.2, 0) is 16.0 Å². The minimum absolute atomic E-state index is 0.0552. The Morgan fingerprint density at radius 1 is 1.50 bits per heavy atom. The number of hydrogen-bond acceptors (Lipinski definition) is 3. The second-order valence-corrected chi connectivity index (χ2v) is 4.15. The lowest BCUT2D eigenvalue weighted by atomic mass is 10.0. The van der Waals surface area contributed by atoms with E-state index in [1.807, 2.05) is 18.2 Å². The number of aryl methyl sites for hydroxylation is 1. The van der Waals surface area contributed by atoms with Crippen LogP contribution < -0.4 is 4.74 Å². The zero-order valence-corrected chi connectivity index (χ0v) is 9.66. The summed E-state index contributed by atoms with van der Waals surface area (Å²) in [5, 5.41) is 0. The highest BCUT2D eigenvalue weighted by atomic mass is 16.5. The van der Waals surface area contributed by atoms with Gasteiger partial charge in [-0.05, 0) is 36.6 Å². The van der Waals surface area contributed by atoms with Crippen molar-refractivity contribution in [1.82, 2.24) is 0 Å². The molecule has 1 aliphatic heterocycles. The molecule has 3 nitrogen and oxygen atoms in total. The van der Waals surface area contributed by atoms with Crippen molar-refractivity contribution in [3.05, 3.63) is 29.3 Å². The van der Waals surface area contributed by atoms with Crippen LogP contribution in [0.15, 0.2) is 18.2 Å². The van der Waals surface area contributed by atoms with Gasteiger partial charge in [0.15, 0.2) is 0 Å². The Kier molecular flexibility index (Phi) is 3.13. The molecular formula is C13H16O3. The summed E-state index contributed by atoms with van der Waals surface area (Å²) in [4.78, 5) is 11.0. The molecule has 1 fully saturated rings. The van der Waals surface area contributed by atoms with Gasteiger partial charge in [-0.3, -0.25) is 4.79 Å². The molecule has 1 aromatic rings. The fourth-order valence-corrected chi connectivity index (χ4v) is 2.00. The van der Waals surface area contributed by atoms with Crippen molar-refractivity contribution >= 4 is 5.97 Å². The number of cyclic esters (lactones) is 1. The minimum Gasteiger partial charge on any atom is -0.497 e. The first-order valence-electron chi connectivity index (χ1n) is 5.52. The fourth-order valence-electron chi connectivity index (χ4n) is 2.00. The average molecular weight is 220 g/mol. The lowest BCUT2D eigenvalue weighted by Gasteiger charge is -2.12. The van der Waals surface area contributed by atoms with Gasteiger partial charge in [-0.15, -0.1) is 0 Å². The van der Waals surface area contributed by atoms with Gasteiger partial charge in [-0.1, -0.05) is 6.07 Å². The lowest BCUT2D eigenvalue weighted by Crippen LogP contribution is -2.11. The predicted octanol–water partition coefficient (Wildman–Crippen LogP) is 2.25. The van der Waals surface area contributed by atoms with Crippen LogP contribution in [0.1, 0.15) is 24.0 Å². The van der Waals surface area contributed by atoms with E-state index < -0.39 is 0 Å². The molecule has 0 aliphatic carbocycles. The van der Waals surface area contributed by atoms with Crippen LogP contribution in [0, 0.1) is 6.92 Å². The van der Waals surface area contributed by atoms with E-state index >= 15 is 0 Å². The highest BCUT2D eigenvalue weighted by molar-refractivity contribution is 5.71. The molecule has 1 atom stereocenters. The maximum Gasteiger partial charge on any atom is 0.306 e. The van der Waals surface area contributed by atoms with Crippen molar-refractivity contribution in [2.75, 3.05) is 7.11 Å². The third-order valence-corrected chi connectivity index (χ3v) is 2.97. The van der Waals surface area contributed by atoms with Gasteiger partial charge in [-0.25, -0.2) is 0 Å². The maximum absolute atomic E-state index is 11.0. The Morgan fingerprint density at radius 2 is 2.31 bits per heavy atom. The molecule has 0 bridgehead atoms. The van der Waals surface area contributed by atoms with Gasteiger partial charge in [0.2, 0.25) is 0 Å². The molecule has 1 aromatic carbocycles. The van der Waals surface area contributed by atoms with Gasteiger partial charge in [0.05, 0.1) is 7.11 Å². The summed E-state index contributed by atoms with van der Waals surface area (Å²) in [6.45, 7) is 2.05. The molecule has 1 unspecified atom stereocenters. The van der Waals surface area contributed by atoms with E-state index in [1.54, 1.807) is 7.11 Å². The molecule has 1 aliphatic rings.